The smallest absolute Gasteiger partial charge is 0.0561 e. The van der Waals surface area contributed by atoms with Crippen molar-refractivity contribution in [2.24, 2.45) is 5.73 Å². The Labute approximate surface area is 63.0 Å². The molecule has 54 valence electrons. The van der Waals surface area contributed by atoms with Crippen LogP contribution >= 0.6 is 0 Å². The van der Waals surface area contributed by atoms with E-state index in [0.29, 0.717) is 6.54 Å². The molecule has 0 aliphatic rings. The van der Waals surface area contributed by atoms with Gasteiger partial charge in [-0.2, -0.15) is 0 Å². The molecule has 1 nitrogen and oxygen atoms in total. The molecule has 0 atom stereocenters. The van der Waals surface area contributed by atoms with Gasteiger partial charge in [0.25, 0.3) is 0 Å². The van der Waals surface area contributed by atoms with Gasteiger partial charge in [-0.1, -0.05) is 25.2 Å². The first kappa shape index (κ1) is 9.08. The van der Waals surface area contributed by atoms with Gasteiger partial charge in [0.2, 0.25) is 0 Å². The Bertz CT molecular complexity index is 172. The highest BCUT2D eigenvalue weighted by molar-refractivity contribution is 5.25. The van der Waals surface area contributed by atoms with Crippen molar-refractivity contribution < 1.29 is 0 Å². The average Bonchev–Trinajstić information content (AvgIpc) is 1.97. The van der Waals surface area contributed by atoms with Crippen LogP contribution < -0.4 is 5.73 Å². The summed E-state index contributed by atoms with van der Waals surface area (Å²) >= 11 is 0. The van der Waals surface area contributed by atoms with Crippen molar-refractivity contribution >= 4 is 0 Å². The van der Waals surface area contributed by atoms with Gasteiger partial charge in [-0.15, -0.1) is 0 Å². The molecule has 10 heavy (non-hydrogen) atoms. The fraction of sp³-hybridized carbons (Fsp3) is 0.556. The average molecular weight is 135 g/mol. The second kappa shape index (κ2) is 8.08. The first-order valence-corrected chi connectivity index (χ1v) is 3.57. The maximum Gasteiger partial charge on any atom is 0.0561 e. The predicted octanol–water partition coefficient (Wildman–Crippen LogP) is 1.14. The van der Waals surface area contributed by atoms with Crippen LogP contribution in [0.25, 0.3) is 0 Å². The van der Waals surface area contributed by atoms with Gasteiger partial charge in [0, 0.05) is 6.42 Å². The lowest BCUT2D eigenvalue weighted by molar-refractivity contribution is 0.828. The quantitative estimate of drug-likeness (QED) is 0.446. The second-order valence-corrected chi connectivity index (χ2v) is 1.91. The predicted molar refractivity (Wildman–Crippen MR) is 44.1 cm³/mol. The summed E-state index contributed by atoms with van der Waals surface area (Å²) in [5, 5.41) is 0. The lowest BCUT2D eigenvalue weighted by Gasteiger charge is -1.80. The summed E-state index contributed by atoms with van der Waals surface area (Å²) in [6.07, 6.45) is 3.31. The number of nitrogens with two attached hydrogens (primary N) is 1. The van der Waals surface area contributed by atoms with Gasteiger partial charge in [-0.3, -0.25) is 0 Å². The molecule has 0 aromatic rings. The van der Waals surface area contributed by atoms with E-state index in [2.05, 4.69) is 30.6 Å². The standard InChI is InChI=1S/C9H13N/c1-2-3-4-5-6-7-8-9-10/h2-4,9-10H2,1H3. The zero-order valence-corrected chi connectivity index (χ0v) is 6.41. The molecular weight excluding hydrogens is 122 g/mol. The fourth-order valence-electron chi connectivity index (χ4n) is 0.467. The molecular formula is C9H13N. The SMILES string of the molecule is CCCCC#CC#CCN. The van der Waals surface area contributed by atoms with Crippen molar-refractivity contribution in [3.63, 3.8) is 0 Å². The van der Waals surface area contributed by atoms with E-state index in [-0.39, 0.29) is 0 Å². The largest absolute Gasteiger partial charge is 0.320 e. The Balaban J connectivity index is 3.31. The Morgan fingerprint density at radius 1 is 1.20 bits per heavy atom. The maximum absolute atomic E-state index is 5.13. The van der Waals surface area contributed by atoms with Gasteiger partial charge in [-0.05, 0) is 18.3 Å². The molecule has 0 radical (unpaired) electrons. The van der Waals surface area contributed by atoms with Gasteiger partial charge in [-0.25, -0.2) is 0 Å². The first-order chi connectivity index (χ1) is 4.91. The zero-order chi connectivity index (χ0) is 7.66. The van der Waals surface area contributed by atoms with Crippen molar-refractivity contribution in [1.29, 1.82) is 0 Å². The minimum absolute atomic E-state index is 0.405. The van der Waals surface area contributed by atoms with E-state index in [0.717, 1.165) is 12.8 Å². The molecule has 1 heteroatoms. The molecule has 2 N–H and O–H groups in total. The molecule has 0 saturated carbocycles. The highest BCUT2D eigenvalue weighted by Gasteiger charge is 1.73. The highest BCUT2D eigenvalue weighted by atomic mass is 14.5. The van der Waals surface area contributed by atoms with E-state index in [9.17, 15) is 0 Å². The van der Waals surface area contributed by atoms with E-state index >= 15 is 0 Å². The molecule has 0 fully saturated rings. The van der Waals surface area contributed by atoms with Crippen molar-refractivity contribution in [2.75, 3.05) is 6.54 Å². The van der Waals surface area contributed by atoms with Gasteiger partial charge in [0.05, 0.1) is 6.54 Å². The van der Waals surface area contributed by atoms with E-state index in [1.165, 1.54) is 6.42 Å². The summed E-state index contributed by atoms with van der Waals surface area (Å²) < 4.78 is 0. The molecule has 0 rings (SSSR count). The van der Waals surface area contributed by atoms with Crippen LogP contribution in [0.5, 0.6) is 0 Å². The molecule has 0 aromatic heterocycles. The second-order valence-electron chi connectivity index (χ2n) is 1.91. The van der Waals surface area contributed by atoms with Crippen LogP contribution in [0.15, 0.2) is 0 Å². The molecule has 0 aliphatic heterocycles. The molecule has 0 spiro atoms. The number of hydrogen-bond acceptors (Lipinski definition) is 1. The van der Waals surface area contributed by atoms with Crippen LogP contribution in [-0.2, 0) is 0 Å². The van der Waals surface area contributed by atoms with E-state index < -0.39 is 0 Å². The van der Waals surface area contributed by atoms with Crippen LogP contribution in [0.1, 0.15) is 26.2 Å². The topological polar surface area (TPSA) is 26.0 Å². The third kappa shape index (κ3) is 7.08. The summed E-state index contributed by atoms with van der Waals surface area (Å²) in [4.78, 5) is 0. The lowest BCUT2D eigenvalue weighted by atomic mass is 10.2. The number of unbranched alkanes of at least 4 members (excludes halogenated alkanes) is 2. The van der Waals surface area contributed by atoms with Gasteiger partial charge >= 0.3 is 0 Å². The zero-order valence-electron chi connectivity index (χ0n) is 6.41. The van der Waals surface area contributed by atoms with E-state index in [4.69, 9.17) is 5.73 Å². The summed E-state index contributed by atoms with van der Waals surface area (Å²) in [5.41, 5.74) is 5.13. The van der Waals surface area contributed by atoms with Crippen LogP contribution in [-0.4, -0.2) is 6.54 Å². The molecule has 0 heterocycles. The maximum atomic E-state index is 5.13. The molecule has 0 saturated heterocycles. The summed E-state index contributed by atoms with van der Waals surface area (Å²) in [5.74, 6) is 11.0. The fourth-order valence-corrected chi connectivity index (χ4v) is 0.467. The Morgan fingerprint density at radius 3 is 2.50 bits per heavy atom. The third-order valence-electron chi connectivity index (χ3n) is 0.997. The van der Waals surface area contributed by atoms with Crippen LogP contribution in [0, 0.1) is 23.7 Å². The van der Waals surface area contributed by atoms with Crippen LogP contribution in [0.4, 0.5) is 0 Å². The highest BCUT2D eigenvalue weighted by Crippen LogP contribution is 1.89. The number of hydrogen-bond donors (Lipinski definition) is 1. The summed E-state index contributed by atoms with van der Waals surface area (Å²) in [6, 6.07) is 0. The Kier molecular flexibility index (Phi) is 7.34. The van der Waals surface area contributed by atoms with Crippen molar-refractivity contribution in [3.8, 4) is 23.7 Å². The van der Waals surface area contributed by atoms with Gasteiger partial charge in [0.15, 0.2) is 0 Å². The molecule has 0 amide bonds. The minimum atomic E-state index is 0.405. The van der Waals surface area contributed by atoms with Crippen molar-refractivity contribution in [2.45, 2.75) is 26.2 Å². The molecule has 0 unspecified atom stereocenters. The first-order valence-electron chi connectivity index (χ1n) is 3.57. The van der Waals surface area contributed by atoms with E-state index in [1.807, 2.05) is 0 Å². The normalized spacial score (nSPS) is 7.00. The van der Waals surface area contributed by atoms with Crippen LogP contribution in [0.3, 0.4) is 0 Å². The Hall–Kier alpha value is -0.920. The van der Waals surface area contributed by atoms with Crippen LogP contribution in [0.2, 0.25) is 0 Å². The molecule has 0 aliphatic carbocycles. The third-order valence-corrected chi connectivity index (χ3v) is 0.997. The monoisotopic (exact) mass is 135 g/mol. The minimum Gasteiger partial charge on any atom is -0.320 e. The van der Waals surface area contributed by atoms with Crippen molar-refractivity contribution in [3.05, 3.63) is 0 Å². The van der Waals surface area contributed by atoms with Gasteiger partial charge in [0.1, 0.15) is 0 Å². The number of rotatable bonds is 2. The molecule has 0 bridgehead atoms. The molecule has 0 aromatic carbocycles. The summed E-state index contributed by atoms with van der Waals surface area (Å²) in [7, 11) is 0. The lowest BCUT2D eigenvalue weighted by Crippen LogP contribution is -1.92. The van der Waals surface area contributed by atoms with Crippen molar-refractivity contribution in [1.82, 2.24) is 0 Å². The summed E-state index contributed by atoms with van der Waals surface area (Å²) in [6.45, 7) is 2.55. The Morgan fingerprint density at radius 2 is 1.90 bits per heavy atom. The van der Waals surface area contributed by atoms with Gasteiger partial charge < -0.3 is 5.73 Å². The van der Waals surface area contributed by atoms with E-state index in [1.54, 1.807) is 0 Å².